The molecule has 0 saturated heterocycles. The van der Waals surface area contributed by atoms with E-state index in [4.69, 9.17) is 5.11 Å². The Kier molecular flexibility index (Phi) is 3.88. The number of hydrogen-bond donors (Lipinski definition) is 2. The second kappa shape index (κ2) is 5.22. The van der Waals surface area contributed by atoms with Gasteiger partial charge in [0.25, 0.3) is 0 Å². The predicted molar refractivity (Wildman–Crippen MR) is 68.8 cm³/mol. The minimum atomic E-state index is -0.831. The van der Waals surface area contributed by atoms with Crippen molar-refractivity contribution in [1.82, 2.24) is 10.2 Å². The van der Waals surface area contributed by atoms with Crippen LogP contribution < -0.4 is 5.32 Å². The van der Waals surface area contributed by atoms with E-state index in [2.05, 4.69) is 22.4 Å². The van der Waals surface area contributed by atoms with E-state index >= 15 is 0 Å². The van der Waals surface area contributed by atoms with Crippen molar-refractivity contribution in [2.24, 2.45) is 0 Å². The first-order valence-electron chi connectivity index (χ1n) is 5.54. The number of carboxylic acid groups (broad SMARTS) is 1. The van der Waals surface area contributed by atoms with Crippen LogP contribution in [0.1, 0.15) is 32.6 Å². The number of anilines is 1. The van der Waals surface area contributed by atoms with Crippen molar-refractivity contribution in [3.05, 3.63) is 0 Å². The van der Waals surface area contributed by atoms with Crippen LogP contribution in [0, 0.1) is 0 Å². The van der Waals surface area contributed by atoms with Crippen LogP contribution >= 0.6 is 23.1 Å². The van der Waals surface area contributed by atoms with Crippen LogP contribution in [0.2, 0.25) is 0 Å². The van der Waals surface area contributed by atoms with Crippen molar-refractivity contribution in [2.45, 2.75) is 42.5 Å². The third-order valence-electron chi connectivity index (χ3n) is 2.84. The van der Waals surface area contributed by atoms with Crippen molar-refractivity contribution in [2.75, 3.05) is 11.1 Å². The molecule has 2 rings (SSSR count). The lowest BCUT2D eigenvalue weighted by Gasteiger charge is -2.24. The molecule has 1 aliphatic carbocycles. The molecule has 94 valence electrons. The molecule has 2 N–H and O–H groups in total. The lowest BCUT2D eigenvalue weighted by Crippen LogP contribution is -2.30. The highest BCUT2D eigenvalue weighted by molar-refractivity contribution is 8.01. The summed E-state index contributed by atoms with van der Waals surface area (Å²) in [5.74, 6) is -0.797. The highest BCUT2D eigenvalue weighted by Crippen LogP contribution is 2.34. The molecule has 1 saturated carbocycles. The Balaban J connectivity index is 1.91. The molecule has 0 spiro atoms. The van der Waals surface area contributed by atoms with E-state index in [-0.39, 0.29) is 11.3 Å². The van der Waals surface area contributed by atoms with Gasteiger partial charge in [-0.3, -0.25) is 4.79 Å². The third kappa shape index (κ3) is 3.57. The summed E-state index contributed by atoms with van der Waals surface area (Å²) >= 11 is 2.64. The number of aromatic nitrogens is 2. The van der Waals surface area contributed by atoms with Crippen LogP contribution in [0.15, 0.2) is 4.34 Å². The minimum Gasteiger partial charge on any atom is -0.481 e. The fraction of sp³-hybridized carbons (Fsp3) is 0.700. The molecule has 0 radical (unpaired) electrons. The fourth-order valence-electron chi connectivity index (χ4n) is 1.98. The van der Waals surface area contributed by atoms with E-state index in [1.165, 1.54) is 35.9 Å². The van der Waals surface area contributed by atoms with Crippen LogP contribution in [0.4, 0.5) is 5.13 Å². The second-order valence-corrected chi connectivity index (χ2v) is 6.65. The number of nitrogens with zero attached hydrogens (tertiary/aromatic N) is 2. The largest absolute Gasteiger partial charge is 0.481 e. The Hall–Kier alpha value is -0.820. The van der Waals surface area contributed by atoms with E-state index in [9.17, 15) is 4.79 Å². The Morgan fingerprint density at radius 3 is 2.88 bits per heavy atom. The van der Waals surface area contributed by atoms with Crippen molar-refractivity contribution >= 4 is 34.2 Å². The maximum Gasteiger partial charge on any atom is 0.313 e. The maximum absolute atomic E-state index is 10.4. The molecular formula is C10H15N3O2S2. The van der Waals surface area contributed by atoms with E-state index in [1.54, 1.807) is 0 Å². The average molecular weight is 273 g/mol. The van der Waals surface area contributed by atoms with Crippen molar-refractivity contribution in [1.29, 1.82) is 0 Å². The quantitative estimate of drug-likeness (QED) is 0.803. The summed E-state index contributed by atoms with van der Waals surface area (Å²) in [5, 5.41) is 20.8. The van der Waals surface area contributed by atoms with Crippen LogP contribution in [0.3, 0.4) is 0 Å². The molecule has 17 heavy (non-hydrogen) atoms. The van der Waals surface area contributed by atoms with Gasteiger partial charge in [-0.2, -0.15) is 0 Å². The fourth-order valence-corrected chi connectivity index (χ4v) is 3.60. The number of carboxylic acids is 1. The Labute approximate surface area is 108 Å². The normalized spacial score (nSPS) is 18.2. The summed E-state index contributed by atoms with van der Waals surface area (Å²) in [7, 11) is 0. The summed E-state index contributed by atoms with van der Waals surface area (Å²) in [4.78, 5) is 10.4. The monoisotopic (exact) mass is 273 g/mol. The molecule has 0 unspecified atom stereocenters. The lowest BCUT2D eigenvalue weighted by molar-refractivity contribution is -0.133. The zero-order valence-electron chi connectivity index (χ0n) is 9.60. The summed E-state index contributed by atoms with van der Waals surface area (Å²) in [6.45, 7) is 2.20. The average Bonchev–Trinajstić information content (AvgIpc) is 2.85. The molecule has 0 aromatic carbocycles. The van der Waals surface area contributed by atoms with Gasteiger partial charge in [-0.15, -0.1) is 10.2 Å². The van der Waals surface area contributed by atoms with Gasteiger partial charge < -0.3 is 10.4 Å². The SMILES string of the molecule is CC1(Nc2nnc(SCC(=O)O)s2)CCCC1. The maximum atomic E-state index is 10.4. The first-order chi connectivity index (χ1) is 8.07. The Morgan fingerprint density at radius 1 is 1.53 bits per heavy atom. The molecular weight excluding hydrogens is 258 g/mol. The van der Waals surface area contributed by atoms with Gasteiger partial charge >= 0.3 is 5.97 Å². The highest BCUT2D eigenvalue weighted by atomic mass is 32.2. The molecule has 0 aliphatic heterocycles. The van der Waals surface area contributed by atoms with E-state index < -0.39 is 5.97 Å². The number of thioether (sulfide) groups is 1. The molecule has 0 amide bonds. The zero-order valence-corrected chi connectivity index (χ0v) is 11.2. The minimum absolute atomic E-state index is 0.0336. The van der Waals surface area contributed by atoms with Gasteiger partial charge in [0.1, 0.15) is 0 Å². The molecule has 1 heterocycles. The van der Waals surface area contributed by atoms with Gasteiger partial charge in [-0.1, -0.05) is 35.9 Å². The Morgan fingerprint density at radius 2 is 2.24 bits per heavy atom. The molecule has 1 aliphatic rings. The van der Waals surface area contributed by atoms with Crippen LogP contribution in [0.25, 0.3) is 0 Å². The van der Waals surface area contributed by atoms with Gasteiger partial charge in [-0.05, 0) is 19.8 Å². The molecule has 1 fully saturated rings. The summed E-state index contributed by atoms with van der Waals surface area (Å²) in [6, 6.07) is 0. The van der Waals surface area contributed by atoms with Gasteiger partial charge in [-0.25, -0.2) is 0 Å². The second-order valence-electron chi connectivity index (χ2n) is 4.45. The summed E-state index contributed by atoms with van der Waals surface area (Å²) < 4.78 is 0.705. The van der Waals surface area contributed by atoms with Crippen molar-refractivity contribution in [3.8, 4) is 0 Å². The third-order valence-corrected chi connectivity index (χ3v) is 4.80. The van der Waals surface area contributed by atoms with Gasteiger partial charge in [0.05, 0.1) is 5.75 Å². The molecule has 7 heteroatoms. The van der Waals surface area contributed by atoms with E-state index in [0.717, 1.165) is 18.0 Å². The van der Waals surface area contributed by atoms with E-state index in [0.29, 0.717) is 4.34 Å². The lowest BCUT2D eigenvalue weighted by atomic mass is 10.0. The topological polar surface area (TPSA) is 75.1 Å². The number of aliphatic carboxylic acids is 1. The number of hydrogen-bond acceptors (Lipinski definition) is 6. The molecule has 1 aromatic rings. The van der Waals surface area contributed by atoms with Gasteiger partial charge in [0.2, 0.25) is 5.13 Å². The van der Waals surface area contributed by atoms with Crippen molar-refractivity contribution < 1.29 is 9.90 Å². The van der Waals surface area contributed by atoms with Crippen LogP contribution in [-0.2, 0) is 4.79 Å². The molecule has 1 aromatic heterocycles. The predicted octanol–water partition coefficient (Wildman–Crippen LogP) is 2.46. The molecule has 0 bridgehead atoms. The van der Waals surface area contributed by atoms with Crippen LogP contribution in [0.5, 0.6) is 0 Å². The Bertz CT molecular complexity index is 402. The molecule has 0 atom stereocenters. The summed E-state index contributed by atoms with van der Waals surface area (Å²) in [6.07, 6.45) is 4.82. The number of nitrogens with one attached hydrogen (secondary N) is 1. The molecule has 5 nitrogen and oxygen atoms in total. The first-order valence-corrected chi connectivity index (χ1v) is 7.34. The number of rotatable bonds is 5. The summed E-state index contributed by atoms with van der Waals surface area (Å²) in [5.41, 5.74) is 0.133. The zero-order chi connectivity index (χ0) is 12.3. The van der Waals surface area contributed by atoms with E-state index in [1.807, 2.05) is 0 Å². The first kappa shape index (κ1) is 12.6. The van der Waals surface area contributed by atoms with Gasteiger partial charge in [0.15, 0.2) is 4.34 Å². The van der Waals surface area contributed by atoms with Crippen molar-refractivity contribution in [3.63, 3.8) is 0 Å². The van der Waals surface area contributed by atoms with Crippen LogP contribution in [-0.4, -0.2) is 32.6 Å². The van der Waals surface area contributed by atoms with Gasteiger partial charge in [0, 0.05) is 5.54 Å². The number of carbonyl (C=O) groups is 1. The smallest absolute Gasteiger partial charge is 0.313 e. The highest BCUT2D eigenvalue weighted by Gasteiger charge is 2.29. The standard InChI is InChI=1S/C10H15N3O2S2/c1-10(4-2-3-5-10)11-8-12-13-9(17-8)16-6-7(14)15/h2-6H2,1H3,(H,11,12)(H,14,15).